The number of fused-ring (bicyclic) bond motifs is 2. The van der Waals surface area contributed by atoms with Crippen LogP contribution in [0.2, 0.25) is 0 Å². The van der Waals surface area contributed by atoms with Gasteiger partial charge in [-0.2, -0.15) is 0 Å². The number of aromatic nitrogens is 4. The zero-order valence-corrected chi connectivity index (χ0v) is 30.6. The van der Waals surface area contributed by atoms with Gasteiger partial charge in [-0.1, -0.05) is 97.1 Å². The third-order valence-corrected chi connectivity index (χ3v) is 11.5. The highest BCUT2D eigenvalue weighted by Gasteiger charge is 2.20. The van der Waals surface area contributed by atoms with Crippen LogP contribution < -0.4 is 0 Å². The van der Waals surface area contributed by atoms with Crippen LogP contribution in [0.4, 0.5) is 0 Å². The van der Waals surface area contributed by atoms with E-state index in [1.807, 2.05) is 35.5 Å². The number of rotatable bonds is 7. The Morgan fingerprint density at radius 2 is 0.759 bits per heavy atom. The molecule has 54 heavy (non-hydrogen) atoms. The Morgan fingerprint density at radius 3 is 1.26 bits per heavy atom. The first-order valence-electron chi connectivity index (χ1n) is 17.7. The zero-order chi connectivity index (χ0) is 35.8. The Kier molecular flexibility index (Phi) is 8.17. The van der Waals surface area contributed by atoms with Crippen molar-refractivity contribution < 1.29 is 0 Å². The Balaban J connectivity index is 1.27. The monoisotopic (exact) mass is 726 g/mol. The predicted octanol–water partition coefficient (Wildman–Crippen LogP) is 13.4. The van der Waals surface area contributed by atoms with Gasteiger partial charge in [0.1, 0.15) is 10.0 Å². The molecular formula is C48H30N4S2. The maximum atomic E-state index is 4.74. The van der Waals surface area contributed by atoms with E-state index in [2.05, 4.69) is 156 Å². The lowest BCUT2D eigenvalue weighted by atomic mass is 9.84. The first-order chi connectivity index (χ1) is 26.8. The quantitative estimate of drug-likeness (QED) is 0.153. The second kappa shape index (κ2) is 13.7. The molecule has 0 saturated heterocycles. The van der Waals surface area contributed by atoms with E-state index in [9.17, 15) is 0 Å². The summed E-state index contributed by atoms with van der Waals surface area (Å²) in [6.07, 6.45) is 7.48. The van der Waals surface area contributed by atoms with Crippen LogP contribution in [0, 0.1) is 0 Å². The van der Waals surface area contributed by atoms with Crippen molar-refractivity contribution in [3.8, 4) is 77.0 Å². The van der Waals surface area contributed by atoms with E-state index in [-0.39, 0.29) is 0 Å². The van der Waals surface area contributed by atoms with Crippen LogP contribution in [-0.4, -0.2) is 19.9 Å². The van der Waals surface area contributed by atoms with Crippen molar-refractivity contribution in [2.45, 2.75) is 0 Å². The molecule has 0 atom stereocenters. The van der Waals surface area contributed by atoms with Crippen LogP contribution in [-0.2, 0) is 0 Å². The molecule has 0 spiro atoms. The van der Waals surface area contributed by atoms with E-state index in [0.29, 0.717) is 0 Å². The minimum atomic E-state index is 0.866. The van der Waals surface area contributed by atoms with E-state index < -0.39 is 0 Å². The SMILES string of the molecule is c1ccc(-c2cc(-c3ccccc3)cc(-c3ccc4c(-c5ccnc(-c6nccs6)c5)c5ccccc5c(-c5ccnc(-c6nccs6)c5)c4c3)c2)cc1. The summed E-state index contributed by atoms with van der Waals surface area (Å²) in [5, 5.41) is 10.5. The molecule has 6 heteroatoms. The summed E-state index contributed by atoms with van der Waals surface area (Å²) in [5.74, 6) is 0. The number of benzene rings is 6. The molecule has 10 aromatic rings. The fourth-order valence-corrected chi connectivity index (χ4v) is 8.68. The average Bonchev–Trinajstić information content (AvgIpc) is 4.00. The van der Waals surface area contributed by atoms with Gasteiger partial charge in [0, 0.05) is 35.5 Å². The average molecular weight is 727 g/mol. The summed E-state index contributed by atoms with van der Waals surface area (Å²) in [5.41, 5.74) is 13.3. The van der Waals surface area contributed by atoms with Crippen LogP contribution in [0.15, 0.2) is 181 Å². The molecule has 0 unspecified atom stereocenters. The Bertz CT molecular complexity index is 2860. The molecular weight excluding hydrogens is 697 g/mol. The van der Waals surface area contributed by atoms with Gasteiger partial charge < -0.3 is 0 Å². The Hall–Kier alpha value is -6.60. The number of hydrogen-bond donors (Lipinski definition) is 0. The Morgan fingerprint density at radius 1 is 0.296 bits per heavy atom. The summed E-state index contributed by atoms with van der Waals surface area (Å²) >= 11 is 3.20. The van der Waals surface area contributed by atoms with Crippen molar-refractivity contribution in [1.82, 2.24) is 19.9 Å². The highest BCUT2D eigenvalue weighted by Crippen LogP contribution is 2.46. The van der Waals surface area contributed by atoms with Gasteiger partial charge in [0.25, 0.3) is 0 Å². The molecule has 0 saturated carbocycles. The predicted molar refractivity (Wildman–Crippen MR) is 226 cm³/mol. The summed E-state index contributed by atoms with van der Waals surface area (Å²) in [7, 11) is 0. The highest BCUT2D eigenvalue weighted by molar-refractivity contribution is 7.13. The summed E-state index contributed by atoms with van der Waals surface area (Å²) in [6.45, 7) is 0. The molecule has 0 fully saturated rings. The molecule has 4 heterocycles. The third-order valence-electron chi connectivity index (χ3n) is 9.90. The van der Waals surface area contributed by atoms with Crippen molar-refractivity contribution in [3.05, 3.63) is 181 Å². The smallest absolute Gasteiger partial charge is 0.141 e. The molecule has 0 aliphatic heterocycles. The molecule has 6 aromatic carbocycles. The van der Waals surface area contributed by atoms with Gasteiger partial charge in [0.2, 0.25) is 0 Å². The molecule has 0 N–H and O–H groups in total. The summed E-state index contributed by atoms with van der Waals surface area (Å²) < 4.78 is 0. The number of nitrogens with zero attached hydrogens (tertiary/aromatic N) is 4. The summed E-state index contributed by atoms with van der Waals surface area (Å²) in [6, 6.07) is 52.6. The fourth-order valence-electron chi connectivity index (χ4n) is 7.47. The van der Waals surface area contributed by atoms with Gasteiger partial charge in [0.15, 0.2) is 0 Å². The first kappa shape index (κ1) is 32.1. The van der Waals surface area contributed by atoms with Gasteiger partial charge in [-0.15, -0.1) is 22.7 Å². The Labute approximate surface area is 320 Å². The van der Waals surface area contributed by atoms with Gasteiger partial charge in [-0.05, 0) is 126 Å². The topological polar surface area (TPSA) is 51.6 Å². The molecule has 4 nitrogen and oxygen atoms in total. The van der Waals surface area contributed by atoms with Gasteiger partial charge in [-0.3, -0.25) is 9.97 Å². The number of pyridine rings is 2. The first-order valence-corrected chi connectivity index (χ1v) is 19.5. The van der Waals surface area contributed by atoms with Crippen molar-refractivity contribution in [1.29, 1.82) is 0 Å². The molecule has 4 aromatic heterocycles. The molecule has 0 aliphatic rings. The van der Waals surface area contributed by atoms with Crippen LogP contribution in [0.25, 0.3) is 98.6 Å². The highest BCUT2D eigenvalue weighted by atomic mass is 32.1. The molecule has 0 bridgehead atoms. The van der Waals surface area contributed by atoms with Crippen LogP contribution >= 0.6 is 22.7 Å². The lowest BCUT2D eigenvalue weighted by Gasteiger charge is -2.19. The largest absolute Gasteiger partial charge is 0.254 e. The standard InChI is InChI=1S/C48H30N4S2/c1-3-9-31(10-4-1)36-25-37(32-11-5-2-6-12-32)27-38(26-36)33-15-16-41-42(28-33)46(35-18-20-50-44(30-35)48-52-22-24-54-48)40-14-8-7-13-39(40)45(41)34-17-19-49-43(29-34)47-51-21-23-53-47/h1-30H. The summed E-state index contributed by atoms with van der Waals surface area (Å²) in [4.78, 5) is 18.6. The third kappa shape index (κ3) is 5.88. The van der Waals surface area contributed by atoms with Gasteiger partial charge >= 0.3 is 0 Å². The maximum absolute atomic E-state index is 4.74. The fraction of sp³-hybridized carbons (Fsp3) is 0. The lowest BCUT2D eigenvalue weighted by molar-refractivity contribution is 1.29. The van der Waals surface area contributed by atoms with E-state index >= 15 is 0 Å². The van der Waals surface area contributed by atoms with E-state index in [0.717, 1.165) is 49.0 Å². The number of thiazole rings is 2. The van der Waals surface area contributed by atoms with E-state index in [1.54, 1.807) is 22.7 Å². The van der Waals surface area contributed by atoms with Crippen LogP contribution in [0.3, 0.4) is 0 Å². The molecule has 0 amide bonds. The molecule has 0 radical (unpaired) electrons. The zero-order valence-electron chi connectivity index (χ0n) is 28.9. The maximum Gasteiger partial charge on any atom is 0.141 e. The molecule has 0 aliphatic carbocycles. The van der Waals surface area contributed by atoms with Gasteiger partial charge in [0.05, 0.1) is 11.4 Å². The minimum absolute atomic E-state index is 0.866. The van der Waals surface area contributed by atoms with Crippen LogP contribution in [0.1, 0.15) is 0 Å². The normalized spacial score (nSPS) is 11.3. The molecule has 254 valence electrons. The van der Waals surface area contributed by atoms with E-state index in [1.165, 1.54) is 49.5 Å². The molecule has 10 rings (SSSR count). The van der Waals surface area contributed by atoms with Gasteiger partial charge in [-0.25, -0.2) is 9.97 Å². The van der Waals surface area contributed by atoms with E-state index in [4.69, 9.17) is 9.97 Å². The van der Waals surface area contributed by atoms with Crippen molar-refractivity contribution in [3.63, 3.8) is 0 Å². The second-order valence-electron chi connectivity index (χ2n) is 13.1. The van der Waals surface area contributed by atoms with Crippen LogP contribution in [0.5, 0.6) is 0 Å². The van der Waals surface area contributed by atoms with Crippen molar-refractivity contribution in [2.24, 2.45) is 0 Å². The van der Waals surface area contributed by atoms with Crippen molar-refractivity contribution in [2.75, 3.05) is 0 Å². The van der Waals surface area contributed by atoms with Crippen molar-refractivity contribution >= 4 is 44.2 Å². The minimum Gasteiger partial charge on any atom is -0.254 e. The lowest BCUT2D eigenvalue weighted by Crippen LogP contribution is -1.94. The second-order valence-corrected chi connectivity index (χ2v) is 14.9. The number of hydrogen-bond acceptors (Lipinski definition) is 6.